The van der Waals surface area contributed by atoms with Gasteiger partial charge in [-0.3, -0.25) is 4.79 Å². The molecule has 2 rings (SSSR count). The minimum Gasteiger partial charge on any atom is -0.480 e. The average Bonchev–Trinajstić information content (AvgIpc) is 2.47. The van der Waals surface area contributed by atoms with E-state index in [1.807, 2.05) is 0 Å². The van der Waals surface area contributed by atoms with Gasteiger partial charge in [-0.2, -0.15) is 0 Å². The lowest BCUT2D eigenvalue weighted by Crippen LogP contribution is -2.56. The Kier molecular flexibility index (Phi) is 4.68. The number of nitrogens with zero attached hydrogens (tertiary/aromatic N) is 1. The largest absolute Gasteiger partial charge is 0.480 e. The highest BCUT2D eigenvalue weighted by Crippen LogP contribution is 2.40. The molecule has 0 aromatic rings. The molecule has 1 atom stereocenters. The van der Waals surface area contributed by atoms with Crippen molar-refractivity contribution in [2.24, 2.45) is 17.1 Å². The summed E-state index contributed by atoms with van der Waals surface area (Å²) in [6.07, 6.45) is 5.96. The number of carbonyl (C=O) groups is 2. The number of carboxylic acid groups (broad SMARTS) is 1. The molecule has 114 valence electrons. The van der Waals surface area contributed by atoms with Crippen LogP contribution in [-0.2, 0) is 9.59 Å². The molecule has 0 spiro atoms. The molecule has 1 aliphatic carbocycles. The Labute approximate surface area is 120 Å². The van der Waals surface area contributed by atoms with E-state index < -0.39 is 17.4 Å². The predicted octanol–water partition coefficient (Wildman–Crippen LogP) is 1.61. The fraction of sp³-hybridized carbons (Fsp3) is 0.867. The van der Waals surface area contributed by atoms with Crippen LogP contribution in [0.15, 0.2) is 0 Å². The lowest BCUT2D eigenvalue weighted by Gasteiger charge is -2.43. The molecule has 0 bridgehead atoms. The summed E-state index contributed by atoms with van der Waals surface area (Å²) in [7, 11) is 0. The van der Waals surface area contributed by atoms with Crippen LogP contribution in [0.5, 0.6) is 0 Å². The lowest BCUT2D eigenvalue weighted by molar-refractivity contribution is -0.158. The topological polar surface area (TPSA) is 83.6 Å². The minimum atomic E-state index is -0.880. The Morgan fingerprint density at radius 3 is 2.45 bits per heavy atom. The van der Waals surface area contributed by atoms with Crippen LogP contribution < -0.4 is 5.73 Å². The monoisotopic (exact) mass is 282 g/mol. The Balaban J connectivity index is 2.16. The molecule has 3 N–H and O–H groups in total. The highest BCUT2D eigenvalue weighted by atomic mass is 16.4. The summed E-state index contributed by atoms with van der Waals surface area (Å²) in [4.78, 5) is 25.9. The molecule has 0 radical (unpaired) electrons. The third-order valence-electron chi connectivity index (χ3n) is 5.12. The summed E-state index contributed by atoms with van der Waals surface area (Å²) in [5.74, 6) is -0.257. The maximum Gasteiger partial charge on any atom is 0.326 e. The summed E-state index contributed by atoms with van der Waals surface area (Å²) in [6.45, 7) is 3.10. The number of rotatable bonds is 3. The highest BCUT2D eigenvalue weighted by Gasteiger charge is 2.45. The zero-order chi connectivity index (χ0) is 14.8. The average molecular weight is 282 g/mol. The number of aliphatic carboxylic acids is 1. The van der Waals surface area contributed by atoms with E-state index in [0.29, 0.717) is 25.4 Å². The van der Waals surface area contributed by atoms with Crippen molar-refractivity contribution in [1.82, 2.24) is 4.90 Å². The zero-order valence-corrected chi connectivity index (χ0v) is 12.3. The van der Waals surface area contributed by atoms with Gasteiger partial charge in [-0.15, -0.1) is 0 Å². The summed E-state index contributed by atoms with van der Waals surface area (Å²) in [5.41, 5.74) is 5.40. The lowest BCUT2D eigenvalue weighted by atomic mass is 9.69. The quantitative estimate of drug-likeness (QED) is 0.823. The van der Waals surface area contributed by atoms with E-state index >= 15 is 0 Å². The van der Waals surface area contributed by atoms with Gasteiger partial charge in [0.15, 0.2) is 0 Å². The molecule has 1 amide bonds. The van der Waals surface area contributed by atoms with Crippen molar-refractivity contribution in [1.29, 1.82) is 0 Å². The van der Waals surface area contributed by atoms with E-state index in [2.05, 4.69) is 6.92 Å². The first-order valence-corrected chi connectivity index (χ1v) is 7.74. The van der Waals surface area contributed by atoms with E-state index in [1.165, 1.54) is 0 Å². The van der Waals surface area contributed by atoms with Gasteiger partial charge >= 0.3 is 5.97 Å². The van der Waals surface area contributed by atoms with E-state index in [1.54, 1.807) is 4.90 Å². The van der Waals surface area contributed by atoms with Gasteiger partial charge in [0.25, 0.3) is 0 Å². The highest BCUT2D eigenvalue weighted by molar-refractivity contribution is 5.88. The van der Waals surface area contributed by atoms with Crippen LogP contribution in [-0.4, -0.2) is 41.0 Å². The normalized spacial score (nSPS) is 34.8. The number of likely N-dealkylation sites (tertiary alicyclic amines) is 1. The van der Waals surface area contributed by atoms with E-state index in [9.17, 15) is 14.7 Å². The van der Waals surface area contributed by atoms with Crippen molar-refractivity contribution >= 4 is 11.9 Å². The maximum atomic E-state index is 12.9. The van der Waals surface area contributed by atoms with Crippen LogP contribution in [0.4, 0.5) is 0 Å². The van der Waals surface area contributed by atoms with E-state index in [0.717, 1.165) is 38.5 Å². The SMILES string of the molecule is CC1CCC(CN)(C(=O)N2CCCC[C@H]2C(=O)O)CC1. The molecule has 5 heteroatoms. The van der Waals surface area contributed by atoms with Gasteiger partial charge in [-0.25, -0.2) is 4.79 Å². The molecule has 0 unspecified atom stereocenters. The summed E-state index contributed by atoms with van der Waals surface area (Å²) in [5, 5.41) is 9.33. The number of hydrogen-bond donors (Lipinski definition) is 2. The van der Waals surface area contributed by atoms with Gasteiger partial charge < -0.3 is 15.7 Å². The van der Waals surface area contributed by atoms with Gasteiger partial charge in [0.1, 0.15) is 6.04 Å². The fourth-order valence-electron chi connectivity index (χ4n) is 3.56. The smallest absolute Gasteiger partial charge is 0.326 e. The molecule has 1 heterocycles. The number of carboxylic acids is 1. The van der Waals surface area contributed by atoms with Crippen LogP contribution in [0, 0.1) is 11.3 Å². The minimum absolute atomic E-state index is 0.0148. The summed E-state index contributed by atoms with van der Waals surface area (Å²) in [6, 6.07) is -0.654. The standard InChI is InChI=1S/C15H26N2O3/c1-11-5-7-15(10-16,8-6-11)14(20)17-9-3-2-4-12(17)13(18)19/h11-12H,2-10,16H2,1H3,(H,18,19)/t11?,12-,15?/m0/s1. The first kappa shape index (κ1) is 15.3. The second kappa shape index (κ2) is 6.12. The molecular formula is C15H26N2O3. The number of nitrogens with two attached hydrogens (primary N) is 1. The molecule has 1 saturated heterocycles. The Morgan fingerprint density at radius 2 is 1.90 bits per heavy atom. The second-order valence-electron chi connectivity index (χ2n) is 6.52. The van der Waals surface area contributed by atoms with E-state index in [4.69, 9.17) is 5.73 Å². The van der Waals surface area contributed by atoms with Crippen molar-refractivity contribution < 1.29 is 14.7 Å². The molecule has 2 aliphatic rings. The van der Waals surface area contributed by atoms with Crippen molar-refractivity contribution in [3.8, 4) is 0 Å². The number of amides is 1. The predicted molar refractivity (Wildman–Crippen MR) is 76.1 cm³/mol. The third kappa shape index (κ3) is 2.82. The number of piperidine rings is 1. The van der Waals surface area contributed by atoms with Crippen LogP contribution in [0.3, 0.4) is 0 Å². The Hall–Kier alpha value is -1.10. The van der Waals surface area contributed by atoms with Crippen molar-refractivity contribution in [2.45, 2.75) is 57.9 Å². The Bertz CT molecular complexity index is 375. The van der Waals surface area contributed by atoms with Crippen LogP contribution in [0.2, 0.25) is 0 Å². The fourth-order valence-corrected chi connectivity index (χ4v) is 3.56. The van der Waals surface area contributed by atoms with Crippen molar-refractivity contribution in [3.05, 3.63) is 0 Å². The first-order valence-electron chi connectivity index (χ1n) is 7.74. The second-order valence-corrected chi connectivity index (χ2v) is 6.52. The molecule has 5 nitrogen and oxygen atoms in total. The van der Waals surface area contributed by atoms with Gasteiger partial charge in [0, 0.05) is 13.1 Å². The molecule has 1 saturated carbocycles. The van der Waals surface area contributed by atoms with Crippen molar-refractivity contribution in [3.63, 3.8) is 0 Å². The van der Waals surface area contributed by atoms with Gasteiger partial charge in [0.2, 0.25) is 5.91 Å². The van der Waals surface area contributed by atoms with Gasteiger partial charge in [0.05, 0.1) is 5.41 Å². The molecule has 0 aromatic heterocycles. The van der Waals surface area contributed by atoms with Crippen LogP contribution >= 0.6 is 0 Å². The first-order chi connectivity index (χ1) is 9.50. The summed E-state index contributed by atoms with van der Waals surface area (Å²) >= 11 is 0. The molecule has 0 aromatic carbocycles. The van der Waals surface area contributed by atoms with Crippen LogP contribution in [0.1, 0.15) is 51.9 Å². The zero-order valence-electron chi connectivity index (χ0n) is 12.3. The van der Waals surface area contributed by atoms with Crippen molar-refractivity contribution in [2.75, 3.05) is 13.1 Å². The van der Waals surface area contributed by atoms with Gasteiger partial charge in [-0.05, 0) is 50.9 Å². The molecule has 2 fully saturated rings. The molecule has 20 heavy (non-hydrogen) atoms. The number of carbonyl (C=O) groups excluding carboxylic acids is 1. The Morgan fingerprint density at radius 1 is 1.25 bits per heavy atom. The third-order valence-corrected chi connectivity index (χ3v) is 5.12. The number of hydrogen-bond acceptors (Lipinski definition) is 3. The maximum absolute atomic E-state index is 12.9. The molecular weight excluding hydrogens is 256 g/mol. The summed E-state index contributed by atoms with van der Waals surface area (Å²) < 4.78 is 0. The van der Waals surface area contributed by atoms with E-state index in [-0.39, 0.29) is 5.91 Å². The van der Waals surface area contributed by atoms with Gasteiger partial charge in [-0.1, -0.05) is 6.92 Å². The molecule has 1 aliphatic heterocycles. The van der Waals surface area contributed by atoms with Crippen LogP contribution in [0.25, 0.3) is 0 Å².